The lowest BCUT2D eigenvalue weighted by Crippen LogP contribution is -2.25. The van der Waals surface area contributed by atoms with E-state index in [4.69, 9.17) is 0 Å². The number of fused-ring (bicyclic) bond motifs is 2. The van der Waals surface area contributed by atoms with Gasteiger partial charge in [-0.1, -0.05) is 24.3 Å². The molecule has 0 bridgehead atoms. The third-order valence-corrected chi connectivity index (χ3v) is 7.32. The van der Waals surface area contributed by atoms with Crippen molar-refractivity contribution in [2.75, 3.05) is 23.8 Å². The zero-order valence-corrected chi connectivity index (χ0v) is 19.0. The Kier molecular flexibility index (Phi) is 5.38. The summed E-state index contributed by atoms with van der Waals surface area (Å²) in [5, 5.41) is 6.02. The van der Waals surface area contributed by atoms with E-state index in [9.17, 15) is 13.2 Å². The number of sulfonamides is 1. The molecule has 7 nitrogen and oxygen atoms in total. The molecule has 1 amide bonds. The Morgan fingerprint density at radius 3 is 2.67 bits per heavy atom. The number of benzene rings is 3. The summed E-state index contributed by atoms with van der Waals surface area (Å²) in [5.41, 5.74) is 5.38. The molecule has 0 unspecified atom stereocenters. The minimum Gasteiger partial charge on any atom is -0.374 e. The van der Waals surface area contributed by atoms with Gasteiger partial charge in [0, 0.05) is 42.6 Å². The van der Waals surface area contributed by atoms with Gasteiger partial charge in [0.1, 0.15) is 4.90 Å². The Morgan fingerprint density at radius 1 is 1.06 bits per heavy atom. The number of hydrogen-bond donors (Lipinski definition) is 2. The Hall–Kier alpha value is -3.65. The van der Waals surface area contributed by atoms with Gasteiger partial charge in [-0.25, -0.2) is 0 Å². The van der Waals surface area contributed by atoms with E-state index in [1.54, 1.807) is 42.5 Å². The molecule has 33 heavy (non-hydrogen) atoms. The fourth-order valence-electron chi connectivity index (χ4n) is 4.27. The van der Waals surface area contributed by atoms with Crippen molar-refractivity contribution in [1.29, 1.82) is 0 Å². The lowest BCUT2D eigenvalue weighted by Gasteiger charge is -2.27. The minimum absolute atomic E-state index is 0.164. The van der Waals surface area contributed by atoms with Gasteiger partial charge >= 0.3 is 0 Å². The number of aryl methyl sites for hydroxylation is 1. The molecule has 168 valence electrons. The number of amidine groups is 1. The van der Waals surface area contributed by atoms with E-state index in [0.717, 1.165) is 24.9 Å². The molecule has 0 saturated carbocycles. The van der Waals surface area contributed by atoms with E-state index >= 15 is 0 Å². The van der Waals surface area contributed by atoms with Crippen LogP contribution in [0.25, 0.3) is 0 Å². The van der Waals surface area contributed by atoms with Crippen molar-refractivity contribution >= 4 is 33.1 Å². The van der Waals surface area contributed by atoms with Gasteiger partial charge in [0.15, 0.2) is 5.84 Å². The van der Waals surface area contributed by atoms with E-state index in [-0.39, 0.29) is 16.6 Å². The molecule has 0 spiro atoms. The van der Waals surface area contributed by atoms with E-state index in [0.29, 0.717) is 23.4 Å². The molecule has 0 fully saturated rings. The first kappa shape index (κ1) is 21.2. The van der Waals surface area contributed by atoms with Crippen LogP contribution in [-0.4, -0.2) is 33.8 Å². The van der Waals surface area contributed by atoms with Gasteiger partial charge in [0.2, 0.25) is 0 Å². The standard InChI is InChI=1S/C25H24N4O3S/c1-29-14-4-5-19-15-17(8-13-22(19)29)16-26-25(30)18-9-11-20(12-10-18)27-24-21-6-2-3-7-23(21)33(31,32)28-24/h2-3,6-13,15H,4-5,14,16H2,1H3,(H,26,30)(H,27,28). The Morgan fingerprint density at radius 2 is 1.85 bits per heavy atom. The van der Waals surface area contributed by atoms with Crippen LogP contribution in [0.4, 0.5) is 11.4 Å². The molecule has 2 aliphatic rings. The van der Waals surface area contributed by atoms with Crippen LogP contribution in [0.15, 0.2) is 76.0 Å². The maximum absolute atomic E-state index is 12.6. The van der Waals surface area contributed by atoms with Gasteiger partial charge in [-0.15, -0.1) is 4.40 Å². The Labute approximate surface area is 193 Å². The van der Waals surface area contributed by atoms with Crippen molar-refractivity contribution in [2.24, 2.45) is 4.40 Å². The monoisotopic (exact) mass is 460 g/mol. The van der Waals surface area contributed by atoms with E-state index in [1.807, 2.05) is 0 Å². The van der Waals surface area contributed by atoms with Crippen LogP contribution in [0, 0.1) is 0 Å². The predicted molar refractivity (Wildman–Crippen MR) is 129 cm³/mol. The second-order valence-corrected chi connectivity index (χ2v) is 9.86. The summed E-state index contributed by atoms with van der Waals surface area (Å²) in [6.45, 7) is 1.53. The number of hydrogen-bond acceptors (Lipinski definition) is 5. The lowest BCUT2D eigenvalue weighted by atomic mass is 9.99. The highest BCUT2D eigenvalue weighted by Gasteiger charge is 2.28. The van der Waals surface area contributed by atoms with Crippen molar-refractivity contribution in [3.8, 4) is 0 Å². The second-order valence-electron chi connectivity index (χ2n) is 8.28. The third-order valence-electron chi connectivity index (χ3n) is 5.99. The van der Waals surface area contributed by atoms with Crippen LogP contribution in [0.5, 0.6) is 0 Å². The SMILES string of the molecule is CN1CCCc2cc(CNC(=O)c3ccc(NC4=NS(=O)(=O)c5ccccc54)cc3)ccc21. The van der Waals surface area contributed by atoms with Crippen molar-refractivity contribution in [3.63, 3.8) is 0 Å². The summed E-state index contributed by atoms with van der Waals surface area (Å²) in [6, 6.07) is 19.9. The summed E-state index contributed by atoms with van der Waals surface area (Å²) in [7, 11) is -1.57. The van der Waals surface area contributed by atoms with Crippen LogP contribution >= 0.6 is 0 Å². The maximum atomic E-state index is 12.6. The summed E-state index contributed by atoms with van der Waals surface area (Å²) in [4.78, 5) is 15.1. The van der Waals surface area contributed by atoms with Crippen molar-refractivity contribution < 1.29 is 13.2 Å². The lowest BCUT2D eigenvalue weighted by molar-refractivity contribution is 0.0951. The quantitative estimate of drug-likeness (QED) is 0.621. The summed E-state index contributed by atoms with van der Waals surface area (Å²) in [5.74, 6) is 0.114. The van der Waals surface area contributed by atoms with Gasteiger partial charge in [0.25, 0.3) is 15.9 Å². The molecule has 2 aliphatic heterocycles. The number of nitrogens with zero attached hydrogens (tertiary/aromatic N) is 2. The van der Waals surface area contributed by atoms with E-state index in [1.165, 1.54) is 17.3 Å². The average Bonchev–Trinajstić information content (AvgIpc) is 3.08. The smallest absolute Gasteiger partial charge is 0.285 e. The molecule has 0 aliphatic carbocycles. The molecule has 2 N–H and O–H groups in total. The average molecular weight is 461 g/mol. The van der Waals surface area contributed by atoms with Crippen molar-refractivity contribution in [2.45, 2.75) is 24.3 Å². The van der Waals surface area contributed by atoms with Crippen LogP contribution in [-0.2, 0) is 23.0 Å². The van der Waals surface area contributed by atoms with Gasteiger partial charge < -0.3 is 15.5 Å². The number of anilines is 2. The largest absolute Gasteiger partial charge is 0.374 e. The molecule has 3 aromatic carbocycles. The van der Waals surface area contributed by atoms with Gasteiger partial charge in [-0.2, -0.15) is 8.42 Å². The van der Waals surface area contributed by atoms with E-state index < -0.39 is 10.0 Å². The zero-order chi connectivity index (χ0) is 23.0. The zero-order valence-electron chi connectivity index (χ0n) is 18.2. The highest BCUT2D eigenvalue weighted by molar-refractivity contribution is 7.90. The van der Waals surface area contributed by atoms with Gasteiger partial charge in [0.05, 0.1) is 0 Å². The molecule has 0 radical (unpaired) electrons. The summed E-state index contributed by atoms with van der Waals surface area (Å²) >= 11 is 0. The fourth-order valence-corrected chi connectivity index (χ4v) is 5.45. The first-order valence-corrected chi connectivity index (χ1v) is 12.3. The van der Waals surface area contributed by atoms with Crippen molar-refractivity contribution in [1.82, 2.24) is 5.32 Å². The van der Waals surface area contributed by atoms with Crippen LogP contribution in [0.1, 0.15) is 33.5 Å². The molecule has 8 heteroatoms. The first-order chi connectivity index (χ1) is 15.9. The fraction of sp³-hybridized carbons (Fsp3) is 0.200. The Bertz CT molecular complexity index is 1360. The number of amides is 1. The number of rotatable bonds is 4. The maximum Gasteiger partial charge on any atom is 0.285 e. The topological polar surface area (TPSA) is 90.9 Å². The Balaban J connectivity index is 1.24. The molecule has 0 saturated heterocycles. The van der Waals surface area contributed by atoms with Gasteiger partial charge in [-0.3, -0.25) is 4.79 Å². The minimum atomic E-state index is -3.68. The molecular weight excluding hydrogens is 436 g/mol. The predicted octanol–water partition coefficient (Wildman–Crippen LogP) is 3.56. The van der Waals surface area contributed by atoms with Crippen molar-refractivity contribution in [3.05, 3.63) is 89.0 Å². The van der Waals surface area contributed by atoms with E-state index in [2.05, 4.69) is 45.2 Å². The highest BCUT2D eigenvalue weighted by atomic mass is 32.2. The van der Waals surface area contributed by atoms with Crippen LogP contribution < -0.4 is 15.5 Å². The third kappa shape index (κ3) is 4.21. The number of carbonyl (C=O) groups excluding carboxylic acids is 1. The summed E-state index contributed by atoms with van der Waals surface area (Å²) < 4.78 is 28.2. The first-order valence-electron chi connectivity index (χ1n) is 10.8. The molecule has 0 atom stereocenters. The molecule has 2 heterocycles. The summed E-state index contributed by atoms with van der Waals surface area (Å²) in [6.07, 6.45) is 2.20. The second kappa shape index (κ2) is 8.37. The molecule has 5 rings (SSSR count). The molecule has 3 aromatic rings. The molecular formula is C25H24N4O3S. The number of carbonyl (C=O) groups is 1. The normalized spacial score (nSPS) is 15.9. The highest BCUT2D eigenvalue weighted by Crippen LogP contribution is 2.28. The molecule has 0 aromatic heterocycles. The van der Waals surface area contributed by atoms with Gasteiger partial charge in [-0.05, 0) is 66.4 Å². The van der Waals surface area contributed by atoms with Crippen LogP contribution in [0.3, 0.4) is 0 Å². The van der Waals surface area contributed by atoms with Crippen LogP contribution in [0.2, 0.25) is 0 Å². The number of nitrogens with one attached hydrogen (secondary N) is 2.